The summed E-state index contributed by atoms with van der Waals surface area (Å²) in [5.74, 6) is 1.77. The number of carbonyl (C=O) groups excluding carboxylic acids is 1. The van der Waals surface area contributed by atoms with E-state index in [0.717, 1.165) is 22.8 Å². The number of hydrogen-bond acceptors (Lipinski definition) is 4. The van der Waals surface area contributed by atoms with Gasteiger partial charge < -0.3 is 14.8 Å². The average molecular weight is 343 g/mol. The number of rotatable bonds is 6. The molecule has 0 fully saturated rings. The topological polar surface area (TPSA) is 47.6 Å². The van der Waals surface area contributed by atoms with E-state index < -0.39 is 0 Å². The van der Waals surface area contributed by atoms with Gasteiger partial charge in [0.2, 0.25) is 5.91 Å². The summed E-state index contributed by atoms with van der Waals surface area (Å²) in [6.07, 6.45) is 0.862. The molecule has 1 aliphatic heterocycles. The standard InChI is InChI=1S/C19H21NO3S/c1-13(24-17-9-7-15(22-2)8-10-17)19(21)20-12-16-11-14-5-3-4-6-18(14)23-16/h3-10,13,16H,11-12H2,1-2H3,(H,20,21)/t13-,16+/m0/s1. The molecule has 24 heavy (non-hydrogen) atoms. The van der Waals surface area contributed by atoms with Crippen molar-refractivity contribution in [3.8, 4) is 11.5 Å². The van der Waals surface area contributed by atoms with Gasteiger partial charge in [0.25, 0.3) is 0 Å². The maximum Gasteiger partial charge on any atom is 0.233 e. The van der Waals surface area contributed by atoms with Crippen molar-refractivity contribution in [2.75, 3.05) is 13.7 Å². The van der Waals surface area contributed by atoms with Crippen molar-refractivity contribution >= 4 is 17.7 Å². The monoisotopic (exact) mass is 343 g/mol. The Kier molecular flexibility index (Phi) is 5.30. The second kappa shape index (κ2) is 7.62. The average Bonchev–Trinajstić information content (AvgIpc) is 3.03. The first-order valence-corrected chi connectivity index (χ1v) is 8.86. The summed E-state index contributed by atoms with van der Waals surface area (Å²) in [5, 5.41) is 2.83. The molecule has 2 aromatic rings. The predicted molar refractivity (Wildman–Crippen MR) is 95.9 cm³/mol. The van der Waals surface area contributed by atoms with E-state index in [1.54, 1.807) is 7.11 Å². The number of nitrogens with one attached hydrogen (secondary N) is 1. The summed E-state index contributed by atoms with van der Waals surface area (Å²) in [4.78, 5) is 13.3. The van der Waals surface area contributed by atoms with Crippen molar-refractivity contribution in [2.24, 2.45) is 0 Å². The van der Waals surface area contributed by atoms with Crippen molar-refractivity contribution in [1.82, 2.24) is 5.32 Å². The highest BCUT2D eigenvalue weighted by atomic mass is 32.2. The maximum atomic E-state index is 12.3. The van der Waals surface area contributed by atoms with Crippen molar-refractivity contribution in [1.29, 1.82) is 0 Å². The summed E-state index contributed by atoms with van der Waals surface area (Å²) in [5.41, 5.74) is 1.21. The van der Waals surface area contributed by atoms with Gasteiger partial charge in [-0.1, -0.05) is 18.2 Å². The summed E-state index contributed by atoms with van der Waals surface area (Å²) in [7, 11) is 1.64. The molecule has 0 unspecified atom stereocenters. The second-order valence-corrected chi connectivity index (χ2v) is 7.15. The minimum Gasteiger partial charge on any atom is -0.497 e. The number of carbonyl (C=O) groups is 1. The Morgan fingerprint density at radius 3 is 2.75 bits per heavy atom. The zero-order valence-electron chi connectivity index (χ0n) is 13.8. The number of fused-ring (bicyclic) bond motifs is 1. The number of methoxy groups -OCH3 is 1. The highest BCUT2D eigenvalue weighted by molar-refractivity contribution is 8.00. The first kappa shape index (κ1) is 16.7. The molecule has 1 aliphatic rings. The van der Waals surface area contributed by atoms with Crippen LogP contribution in [0.1, 0.15) is 12.5 Å². The predicted octanol–water partition coefficient (Wildman–Crippen LogP) is 3.30. The van der Waals surface area contributed by atoms with E-state index in [2.05, 4.69) is 11.4 Å². The molecule has 3 rings (SSSR count). The Labute approximate surface area is 146 Å². The lowest BCUT2D eigenvalue weighted by Gasteiger charge is -2.15. The van der Waals surface area contributed by atoms with Crippen molar-refractivity contribution < 1.29 is 14.3 Å². The zero-order valence-corrected chi connectivity index (χ0v) is 14.6. The van der Waals surface area contributed by atoms with E-state index in [1.807, 2.05) is 49.4 Å². The third-order valence-corrected chi connectivity index (χ3v) is 5.07. The summed E-state index contributed by atoms with van der Waals surface area (Å²) < 4.78 is 11.0. The second-order valence-electron chi connectivity index (χ2n) is 5.73. The highest BCUT2D eigenvalue weighted by Crippen LogP contribution is 2.28. The molecule has 0 aliphatic carbocycles. The molecule has 0 saturated carbocycles. The molecule has 1 amide bonds. The Hall–Kier alpha value is -2.14. The van der Waals surface area contributed by atoms with Gasteiger partial charge in [-0.2, -0.15) is 0 Å². The zero-order chi connectivity index (χ0) is 16.9. The van der Waals surface area contributed by atoms with Gasteiger partial charge in [0.1, 0.15) is 17.6 Å². The third-order valence-electron chi connectivity index (χ3n) is 3.96. The molecule has 0 spiro atoms. The minimum atomic E-state index is -0.165. The molecule has 1 heterocycles. The van der Waals surface area contributed by atoms with E-state index in [9.17, 15) is 4.79 Å². The maximum absolute atomic E-state index is 12.3. The summed E-state index contributed by atoms with van der Waals surface area (Å²) in [6.45, 7) is 2.44. The smallest absolute Gasteiger partial charge is 0.233 e. The Balaban J connectivity index is 1.46. The van der Waals surface area contributed by atoms with Crippen LogP contribution in [-0.2, 0) is 11.2 Å². The summed E-state index contributed by atoms with van der Waals surface area (Å²) >= 11 is 1.53. The van der Waals surface area contributed by atoms with Gasteiger partial charge >= 0.3 is 0 Å². The largest absolute Gasteiger partial charge is 0.497 e. The fourth-order valence-corrected chi connectivity index (χ4v) is 3.53. The molecule has 2 atom stereocenters. The van der Waals surface area contributed by atoms with Crippen LogP contribution in [0.15, 0.2) is 53.4 Å². The molecule has 1 N–H and O–H groups in total. The molecule has 2 aromatic carbocycles. The van der Waals surface area contributed by atoms with Gasteiger partial charge in [0.05, 0.1) is 18.9 Å². The number of thioether (sulfide) groups is 1. The van der Waals surface area contributed by atoms with Gasteiger partial charge in [-0.25, -0.2) is 0 Å². The third kappa shape index (κ3) is 4.03. The number of ether oxygens (including phenoxy) is 2. The lowest BCUT2D eigenvalue weighted by Crippen LogP contribution is -2.38. The van der Waals surface area contributed by atoms with Gasteiger partial charge in [-0.3, -0.25) is 4.79 Å². The number of benzene rings is 2. The Morgan fingerprint density at radius 1 is 1.29 bits per heavy atom. The van der Waals surface area contributed by atoms with Crippen molar-refractivity contribution in [2.45, 2.75) is 29.6 Å². The lowest BCUT2D eigenvalue weighted by atomic mass is 10.1. The van der Waals surface area contributed by atoms with Crippen LogP contribution in [0.2, 0.25) is 0 Å². The van der Waals surface area contributed by atoms with Gasteiger partial charge in [0.15, 0.2) is 0 Å². The Bertz CT molecular complexity index is 677. The number of amides is 1. The van der Waals surface area contributed by atoms with Crippen molar-refractivity contribution in [3.05, 3.63) is 54.1 Å². The molecular weight excluding hydrogens is 322 g/mol. The molecule has 0 saturated heterocycles. The van der Waals surface area contributed by atoms with Crippen LogP contribution in [0.3, 0.4) is 0 Å². The van der Waals surface area contributed by atoms with Crippen LogP contribution in [0.25, 0.3) is 0 Å². The van der Waals surface area contributed by atoms with Gasteiger partial charge in [-0.05, 0) is 42.8 Å². The molecule has 0 radical (unpaired) electrons. The van der Waals surface area contributed by atoms with Crippen LogP contribution in [0.5, 0.6) is 11.5 Å². The van der Waals surface area contributed by atoms with Crippen LogP contribution in [0.4, 0.5) is 0 Å². The quantitative estimate of drug-likeness (QED) is 0.818. The van der Waals surface area contributed by atoms with Crippen LogP contribution >= 0.6 is 11.8 Å². The first-order chi connectivity index (χ1) is 11.7. The highest BCUT2D eigenvalue weighted by Gasteiger charge is 2.23. The fourth-order valence-electron chi connectivity index (χ4n) is 2.64. The minimum absolute atomic E-state index is 0.0181. The lowest BCUT2D eigenvalue weighted by molar-refractivity contribution is -0.120. The number of hydrogen-bond donors (Lipinski definition) is 1. The molecule has 0 bridgehead atoms. The van der Waals surface area contributed by atoms with E-state index >= 15 is 0 Å². The van der Waals surface area contributed by atoms with E-state index in [4.69, 9.17) is 9.47 Å². The molecule has 4 nitrogen and oxygen atoms in total. The van der Waals surface area contributed by atoms with Crippen LogP contribution in [-0.4, -0.2) is 30.9 Å². The fraction of sp³-hybridized carbons (Fsp3) is 0.316. The van der Waals surface area contributed by atoms with E-state index in [0.29, 0.717) is 6.54 Å². The molecule has 126 valence electrons. The van der Waals surface area contributed by atoms with E-state index in [1.165, 1.54) is 17.3 Å². The first-order valence-electron chi connectivity index (χ1n) is 7.98. The SMILES string of the molecule is COc1ccc(S[C@@H](C)C(=O)NC[C@H]2Cc3ccccc3O2)cc1. The van der Waals surface area contributed by atoms with E-state index in [-0.39, 0.29) is 17.3 Å². The van der Waals surface area contributed by atoms with Crippen molar-refractivity contribution in [3.63, 3.8) is 0 Å². The summed E-state index contributed by atoms with van der Waals surface area (Å²) in [6, 6.07) is 15.7. The van der Waals surface area contributed by atoms with Crippen LogP contribution < -0.4 is 14.8 Å². The van der Waals surface area contributed by atoms with Gasteiger partial charge in [0, 0.05) is 11.3 Å². The Morgan fingerprint density at radius 2 is 2.04 bits per heavy atom. The normalized spacial score (nSPS) is 16.8. The van der Waals surface area contributed by atoms with Crippen LogP contribution in [0, 0.1) is 0 Å². The molecular formula is C19H21NO3S. The molecule has 5 heteroatoms. The number of para-hydroxylation sites is 1. The molecule has 0 aromatic heterocycles. The van der Waals surface area contributed by atoms with Gasteiger partial charge in [-0.15, -0.1) is 11.8 Å².